The summed E-state index contributed by atoms with van der Waals surface area (Å²) in [7, 11) is 0. The van der Waals surface area contributed by atoms with Gasteiger partial charge >= 0.3 is 0 Å². The van der Waals surface area contributed by atoms with Crippen LogP contribution in [0.1, 0.15) is 27.2 Å². The molecule has 14 heavy (non-hydrogen) atoms. The lowest BCUT2D eigenvalue weighted by atomic mass is 9.62. The molecule has 0 aromatic carbocycles. The summed E-state index contributed by atoms with van der Waals surface area (Å²) in [6, 6.07) is 0. The molecule has 0 amide bonds. The van der Waals surface area contributed by atoms with Crippen LogP contribution < -0.4 is 5.73 Å². The Labute approximate surface area is 86.4 Å². The fourth-order valence-electron chi connectivity index (χ4n) is 2.87. The molecular formula is C13H19N. The van der Waals surface area contributed by atoms with Gasteiger partial charge in [-0.05, 0) is 35.3 Å². The van der Waals surface area contributed by atoms with Crippen molar-refractivity contribution in [2.75, 3.05) is 0 Å². The summed E-state index contributed by atoms with van der Waals surface area (Å²) < 4.78 is 0. The van der Waals surface area contributed by atoms with Gasteiger partial charge in [0.2, 0.25) is 0 Å². The largest absolute Gasteiger partial charge is 0.399 e. The van der Waals surface area contributed by atoms with Crippen LogP contribution in [-0.2, 0) is 0 Å². The van der Waals surface area contributed by atoms with Gasteiger partial charge in [0.05, 0.1) is 0 Å². The lowest BCUT2D eigenvalue weighted by molar-refractivity contribution is 0.202. The second-order valence-corrected chi connectivity index (χ2v) is 5.20. The highest BCUT2D eigenvalue weighted by atomic mass is 14.6. The van der Waals surface area contributed by atoms with Crippen LogP contribution in [0.15, 0.2) is 35.6 Å². The Bertz CT molecular complexity index is 331. The summed E-state index contributed by atoms with van der Waals surface area (Å²) in [4.78, 5) is 0. The second-order valence-electron chi connectivity index (χ2n) is 5.20. The van der Waals surface area contributed by atoms with E-state index >= 15 is 0 Å². The Morgan fingerprint density at radius 3 is 2.71 bits per heavy atom. The van der Waals surface area contributed by atoms with Crippen LogP contribution >= 0.6 is 0 Å². The first kappa shape index (κ1) is 9.57. The number of hydrogen-bond donors (Lipinski definition) is 1. The van der Waals surface area contributed by atoms with Crippen molar-refractivity contribution in [3.8, 4) is 0 Å². The van der Waals surface area contributed by atoms with Crippen LogP contribution in [-0.4, -0.2) is 0 Å². The molecule has 1 nitrogen and oxygen atoms in total. The zero-order valence-electron chi connectivity index (χ0n) is 9.25. The third-order valence-electron chi connectivity index (χ3n) is 3.56. The molecule has 0 aromatic rings. The van der Waals surface area contributed by atoms with E-state index in [1.807, 2.05) is 0 Å². The van der Waals surface area contributed by atoms with Gasteiger partial charge in [0.1, 0.15) is 0 Å². The van der Waals surface area contributed by atoms with Gasteiger partial charge in [-0.3, -0.25) is 0 Å². The van der Waals surface area contributed by atoms with Gasteiger partial charge in [-0.1, -0.05) is 39.0 Å². The SMILES string of the molecule is CC1C=CC(N)=C2C=CCC(C)(C)C21. The third-order valence-corrected chi connectivity index (χ3v) is 3.56. The molecule has 76 valence electrons. The van der Waals surface area contributed by atoms with Gasteiger partial charge in [-0.2, -0.15) is 0 Å². The molecule has 2 N–H and O–H groups in total. The van der Waals surface area contributed by atoms with Crippen molar-refractivity contribution >= 4 is 0 Å². The highest BCUT2D eigenvalue weighted by Gasteiger charge is 2.38. The monoisotopic (exact) mass is 189 g/mol. The molecule has 0 radical (unpaired) electrons. The summed E-state index contributed by atoms with van der Waals surface area (Å²) in [5, 5.41) is 0. The average molecular weight is 189 g/mol. The van der Waals surface area contributed by atoms with E-state index in [1.54, 1.807) is 0 Å². The van der Waals surface area contributed by atoms with Crippen molar-refractivity contribution in [1.82, 2.24) is 0 Å². The smallest absolute Gasteiger partial charge is 0.0346 e. The predicted octanol–water partition coefficient (Wildman–Crippen LogP) is 3.01. The van der Waals surface area contributed by atoms with E-state index in [9.17, 15) is 0 Å². The lowest BCUT2D eigenvalue weighted by Crippen LogP contribution is -2.34. The molecule has 0 spiro atoms. The van der Waals surface area contributed by atoms with E-state index in [2.05, 4.69) is 45.1 Å². The Kier molecular flexibility index (Phi) is 2.06. The number of fused-ring (bicyclic) bond motifs is 1. The summed E-state index contributed by atoms with van der Waals surface area (Å²) in [5.41, 5.74) is 8.66. The van der Waals surface area contributed by atoms with Crippen molar-refractivity contribution in [1.29, 1.82) is 0 Å². The molecule has 0 saturated carbocycles. The highest BCUT2D eigenvalue weighted by molar-refractivity contribution is 5.40. The number of hydrogen-bond acceptors (Lipinski definition) is 1. The lowest BCUT2D eigenvalue weighted by Gasteiger charge is -2.42. The van der Waals surface area contributed by atoms with Gasteiger partial charge in [0, 0.05) is 5.70 Å². The minimum atomic E-state index is 0.346. The van der Waals surface area contributed by atoms with Crippen molar-refractivity contribution in [2.45, 2.75) is 27.2 Å². The standard InChI is InChI=1S/C13H19N/c1-9-6-7-11(14)10-5-4-8-13(2,3)12(9)10/h4-7,9,12H,8,14H2,1-3H3. The second kappa shape index (κ2) is 3.01. The molecule has 2 aliphatic carbocycles. The number of nitrogens with two attached hydrogens (primary N) is 1. The zero-order chi connectivity index (χ0) is 10.3. The molecule has 0 saturated heterocycles. The Morgan fingerprint density at radius 2 is 2.07 bits per heavy atom. The fourth-order valence-corrected chi connectivity index (χ4v) is 2.87. The van der Waals surface area contributed by atoms with Crippen LogP contribution in [0.3, 0.4) is 0 Å². The molecule has 2 rings (SSSR count). The molecule has 0 fully saturated rings. The van der Waals surface area contributed by atoms with Gasteiger partial charge in [-0.25, -0.2) is 0 Å². The summed E-state index contributed by atoms with van der Waals surface area (Å²) in [6.45, 7) is 6.96. The Morgan fingerprint density at radius 1 is 1.36 bits per heavy atom. The van der Waals surface area contributed by atoms with Gasteiger partial charge in [-0.15, -0.1) is 0 Å². The molecule has 2 atom stereocenters. The van der Waals surface area contributed by atoms with Crippen LogP contribution in [0.2, 0.25) is 0 Å². The quantitative estimate of drug-likeness (QED) is 0.623. The summed E-state index contributed by atoms with van der Waals surface area (Å²) in [6.07, 6.45) is 9.93. The first-order valence-corrected chi connectivity index (χ1v) is 5.37. The Hall–Kier alpha value is -0.980. The first-order chi connectivity index (χ1) is 6.52. The van der Waals surface area contributed by atoms with E-state index in [-0.39, 0.29) is 0 Å². The average Bonchev–Trinajstić information content (AvgIpc) is 2.10. The fraction of sp³-hybridized carbons (Fsp3) is 0.538. The van der Waals surface area contributed by atoms with Crippen LogP contribution in [0.4, 0.5) is 0 Å². The minimum absolute atomic E-state index is 0.346. The summed E-state index contributed by atoms with van der Waals surface area (Å²) in [5.74, 6) is 1.20. The topological polar surface area (TPSA) is 26.0 Å². The molecule has 0 aliphatic heterocycles. The normalized spacial score (nSPS) is 34.5. The van der Waals surface area contributed by atoms with Crippen molar-refractivity contribution in [3.05, 3.63) is 35.6 Å². The van der Waals surface area contributed by atoms with Gasteiger partial charge in [0.15, 0.2) is 0 Å². The molecule has 0 aromatic heterocycles. The Balaban J connectivity index is 2.49. The zero-order valence-corrected chi connectivity index (χ0v) is 9.25. The van der Waals surface area contributed by atoms with Crippen molar-refractivity contribution < 1.29 is 0 Å². The van der Waals surface area contributed by atoms with Crippen LogP contribution in [0.5, 0.6) is 0 Å². The van der Waals surface area contributed by atoms with Gasteiger partial charge in [0.25, 0.3) is 0 Å². The van der Waals surface area contributed by atoms with Crippen molar-refractivity contribution in [3.63, 3.8) is 0 Å². The molecule has 2 aliphatic rings. The maximum atomic E-state index is 6.01. The molecule has 1 heteroatoms. The van der Waals surface area contributed by atoms with E-state index in [0.29, 0.717) is 17.3 Å². The molecule has 0 bridgehead atoms. The summed E-state index contributed by atoms with van der Waals surface area (Å²) >= 11 is 0. The molecule has 2 unspecified atom stereocenters. The van der Waals surface area contributed by atoms with E-state index in [4.69, 9.17) is 5.73 Å². The maximum absolute atomic E-state index is 6.01. The highest BCUT2D eigenvalue weighted by Crippen LogP contribution is 2.47. The molecule has 0 heterocycles. The maximum Gasteiger partial charge on any atom is 0.0346 e. The third kappa shape index (κ3) is 1.31. The predicted molar refractivity (Wildman–Crippen MR) is 60.5 cm³/mol. The van der Waals surface area contributed by atoms with E-state index in [1.165, 1.54) is 5.57 Å². The van der Waals surface area contributed by atoms with Crippen LogP contribution in [0.25, 0.3) is 0 Å². The minimum Gasteiger partial charge on any atom is -0.399 e. The number of rotatable bonds is 0. The van der Waals surface area contributed by atoms with E-state index < -0.39 is 0 Å². The van der Waals surface area contributed by atoms with Gasteiger partial charge < -0.3 is 5.73 Å². The van der Waals surface area contributed by atoms with Crippen LogP contribution in [0, 0.1) is 17.3 Å². The van der Waals surface area contributed by atoms with E-state index in [0.717, 1.165) is 12.1 Å². The first-order valence-electron chi connectivity index (χ1n) is 5.37. The number of allylic oxidation sites excluding steroid dienone is 5. The molecular weight excluding hydrogens is 170 g/mol. The van der Waals surface area contributed by atoms with Crippen molar-refractivity contribution in [2.24, 2.45) is 23.0 Å².